The van der Waals surface area contributed by atoms with Crippen molar-refractivity contribution in [3.63, 3.8) is 0 Å². The lowest BCUT2D eigenvalue weighted by atomic mass is 9.76. The summed E-state index contributed by atoms with van der Waals surface area (Å²) in [5.41, 5.74) is 2.16. The molecule has 2 fully saturated rings. The molecule has 3 aliphatic rings. The van der Waals surface area contributed by atoms with Gasteiger partial charge >= 0.3 is 0 Å². The molecular weight excluding hydrogens is 314 g/mol. The first-order chi connectivity index (χ1) is 11.1. The zero-order chi connectivity index (χ0) is 15.9. The van der Waals surface area contributed by atoms with Crippen LogP contribution >= 0.6 is 0 Å². The minimum absolute atomic E-state index is 0.0286. The smallest absolute Gasteiger partial charge is 0.240 e. The molecule has 1 atom stereocenters. The maximum absolute atomic E-state index is 12.8. The summed E-state index contributed by atoms with van der Waals surface area (Å²) in [6.07, 6.45) is 5.02. The molecule has 1 aliphatic carbocycles. The number of rotatable bonds is 3. The molecule has 1 aromatic rings. The van der Waals surface area contributed by atoms with Gasteiger partial charge in [0.05, 0.1) is 18.1 Å². The fourth-order valence-corrected chi connectivity index (χ4v) is 5.69. The van der Waals surface area contributed by atoms with E-state index in [2.05, 4.69) is 4.72 Å². The number of benzene rings is 1. The summed E-state index contributed by atoms with van der Waals surface area (Å²) >= 11 is 0. The zero-order valence-electron chi connectivity index (χ0n) is 13.2. The average molecular weight is 337 g/mol. The summed E-state index contributed by atoms with van der Waals surface area (Å²) in [6.45, 7) is 2.57. The van der Waals surface area contributed by atoms with Gasteiger partial charge in [0.15, 0.2) is 0 Å². The Morgan fingerprint density at radius 2 is 1.83 bits per heavy atom. The molecule has 0 bridgehead atoms. The van der Waals surface area contributed by atoms with Crippen molar-refractivity contribution in [2.45, 2.75) is 56.3 Å². The first kappa shape index (κ1) is 15.6. The van der Waals surface area contributed by atoms with E-state index in [4.69, 9.17) is 9.47 Å². The summed E-state index contributed by atoms with van der Waals surface area (Å²) in [5.74, 6) is 0. The predicted octanol–water partition coefficient (Wildman–Crippen LogP) is 2.34. The number of fused-ring (bicyclic) bond motifs is 1. The van der Waals surface area contributed by atoms with Crippen molar-refractivity contribution >= 4 is 10.0 Å². The van der Waals surface area contributed by atoms with Crippen LogP contribution in [0.1, 0.15) is 43.2 Å². The number of hydrogen-bond donors (Lipinski definition) is 1. The first-order valence-electron chi connectivity index (χ1n) is 8.39. The molecule has 0 aromatic heterocycles. The van der Waals surface area contributed by atoms with Crippen molar-refractivity contribution in [1.82, 2.24) is 4.72 Å². The van der Waals surface area contributed by atoms with Crippen LogP contribution in [0.5, 0.6) is 0 Å². The van der Waals surface area contributed by atoms with Gasteiger partial charge in [-0.3, -0.25) is 0 Å². The molecule has 5 nitrogen and oxygen atoms in total. The summed E-state index contributed by atoms with van der Waals surface area (Å²) in [4.78, 5) is 0.357. The van der Waals surface area contributed by atoms with Crippen LogP contribution in [0.2, 0.25) is 0 Å². The Hall–Kier alpha value is -0.950. The van der Waals surface area contributed by atoms with E-state index < -0.39 is 10.0 Å². The van der Waals surface area contributed by atoms with Gasteiger partial charge in [0.1, 0.15) is 0 Å². The molecule has 1 unspecified atom stereocenters. The van der Waals surface area contributed by atoms with Gasteiger partial charge < -0.3 is 9.47 Å². The molecule has 4 rings (SSSR count). The molecule has 1 spiro atoms. The standard InChI is InChI=1S/C17H23NO4S/c19-23(20,15-4-3-13-11-22-12-14(13)10-15)18-16-2-1-5-17(16)6-8-21-9-7-17/h3-4,10,16,18H,1-2,5-9,11-12H2. The Kier molecular flexibility index (Phi) is 3.96. The molecular formula is C17H23NO4S. The number of nitrogens with one attached hydrogen (secondary N) is 1. The Balaban J connectivity index is 1.57. The van der Waals surface area contributed by atoms with Gasteiger partial charge in [0, 0.05) is 19.3 Å². The number of hydrogen-bond acceptors (Lipinski definition) is 4. The Labute approximate surface area is 137 Å². The summed E-state index contributed by atoms with van der Waals surface area (Å²) in [7, 11) is -3.49. The van der Waals surface area contributed by atoms with Crippen LogP contribution in [-0.4, -0.2) is 27.7 Å². The maximum Gasteiger partial charge on any atom is 0.240 e. The third-order valence-corrected chi connectivity index (χ3v) is 7.17. The van der Waals surface area contributed by atoms with Gasteiger partial charge in [0.2, 0.25) is 10.0 Å². The largest absolute Gasteiger partial charge is 0.381 e. The van der Waals surface area contributed by atoms with Crippen molar-refractivity contribution in [1.29, 1.82) is 0 Å². The molecule has 6 heteroatoms. The molecule has 0 amide bonds. The highest BCUT2D eigenvalue weighted by Crippen LogP contribution is 2.46. The molecule has 0 radical (unpaired) electrons. The second kappa shape index (κ2) is 5.84. The normalized spacial score (nSPS) is 26.5. The van der Waals surface area contributed by atoms with Crippen LogP contribution < -0.4 is 4.72 Å². The zero-order valence-corrected chi connectivity index (χ0v) is 14.0. The van der Waals surface area contributed by atoms with Crippen LogP contribution in [0.4, 0.5) is 0 Å². The van der Waals surface area contributed by atoms with Crippen molar-refractivity contribution in [3.05, 3.63) is 29.3 Å². The average Bonchev–Trinajstić information content (AvgIpc) is 3.15. The van der Waals surface area contributed by atoms with Crippen LogP contribution in [0.15, 0.2) is 23.1 Å². The lowest BCUT2D eigenvalue weighted by molar-refractivity contribution is 0.00801. The van der Waals surface area contributed by atoms with Gasteiger partial charge in [-0.1, -0.05) is 12.5 Å². The van der Waals surface area contributed by atoms with Gasteiger partial charge in [-0.25, -0.2) is 13.1 Å². The SMILES string of the molecule is O=S(=O)(NC1CCCC12CCOCC2)c1ccc2c(c1)COC2. The second-order valence-electron chi connectivity index (χ2n) is 6.96. The van der Waals surface area contributed by atoms with E-state index in [0.717, 1.165) is 56.4 Å². The third-order valence-electron chi connectivity index (χ3n) is 5.70. The fraction of sp³-hybridized carbons (Fsp3) is 0.647. The molecule has 1 saturated carbocycles. The van der Waals surface area contributed by atoms with E-state index in [9.17, 15) is 8.42 Å². The van der Waals surface area contributed by atoms with E-state index in [0.29, 0.717) is 18.1 Å². The molecule has 1 saturated heterocycles. The molecule has 23 heavy (non-hydrogen) atoms. The number of ether oxygens (including phenoxy) is 2. The van der Waals surface area contributed by atoms with Gasteiger partial charge in [-0.2, -0.15) is 0 Å². The summed E-state index contributed by atoms with van der Waals surface area (Å²) in [5, 5.41) is 0. The highest BCUT2D eigenvalue weighted by Gasteiger charge is 2.45. The van der Waals surface area contributed by atoms with Crippen LogP contribution in [0.3, 0.4) is 0 Å². The lowest BCUT2D eigenvalue weighted by Gasteiger charge is -2.39. The van der Waals surface area contributed by atoms with Gasteiger partial charge in [-0.05, 0) is 54.4 Å². The lowest BCUT2D eigenvalue weighted by Crippen LogP contribution is -2.47. The van der Waals surface area contributed by atoms with Crippen LogP contribution in [-0.2, 0) is 32.7 Å². The van der Waals surface area contributed by atoms with E-state index in [1.54, 1.807) is 12.1 Å². The summed E-state index contributed by atoms with van der Waals surface area (Å²) < 4.78 is 39.5. The summed E-state index contributed by atoms with van der Waals surface area (Å²) in [6, 6.07) is 5.36. The minimum Gasteiger partial charge on any atom is -0.381 e. The van der Waals surface area contributed by atoms with Crippen LogP contribution in [0, 0.1) is 5.41 Å². The third kappa shape index (κ3) is 2.82. The second-order valence-corrected chi connectivity index (χ2v) is 8.68. The van der Waals surface area contributed by atoms with Gasteiger partial charge in [-0.15, -0.1) is 0 Å². The Bertz CT molecular complexity index is 695. The molecule has 126 valence electrons. The van der Waals surface area contributed by atoms with Crippen molar-refractivity contribution in [2.75, 3.05) is 13.2 Å². The van der Waals surface area contributed by atoms with E-state index in [1.165, 1.54) is 0 Å². The maximum atomic E-state index is 12.8. The highest BCUT2D eigenvalue weighted by atomic mass is 32.2. The Morgan fingerprint density at radius 1 is 1.04 bits per heavy atom. The fourth-order valence-electron chi connectivity index (χ4n) is 4.27. The number of sulfonamides is 1. The monoisotopic (exact) mass is 337 g/mol. The quantitative estimate of drug-likeness (QED) is 0.919. The van der Waals surface area contributed by atoms with Crippen molar-refractivity contribution in [2.24, 2.45) is 5.41 Å². The molecule has 2 heterocycles. The van der Waals surface area contributed by atoms with Crippen molar-refractivity contribution < 1.29 is 17.9 Å². The molecule has 1 N–H and O–H groups in total. The highest BCUT2D eigenvalue weighted by molar-refractivity contribution is 7.89. The van der Waals surface area contributed by atoms with E-state index in [1.807, 2.05) is 6.07 Å². The van der Waals surface area contributed by atoms with E-state index in [-0.39, 0.29) is 11.5 Å². The van der Waals surface area contributed by atoms with E-state index >= 15 is 0 Å². The molecule has 2 aliphatic heterocycles. The minimum atomic E-state index is -3.49. The van der Waals surface area contributed by atoms with Crippen LogP contribution in [0.25, 0.3) is 0 Å². The first-order valence-corrected chi connectivity index (χ1v) is 9.87. The molecule has 1 aromatic carbocycles. The topological polar surface area (TPSA) is 64.6 Å². The van der Waals surface area contributed by atoms with Crippen molar-refractivity contribution in [3.8, 4) is 0 Å². The Morgan fingerprint density at radius 3 is 2.65 bits per heavy atom. The van der Waals surface area contributed by atoms with Gasteiger partial charge in [0.25, 0.3) is 0 Å². The predicted molar refractivity (Wildman–Crippen MR) is 85.4 cm³/mol.